The third kappa shape index (κ3) is 2.45. The van der Waals surface area contributed by atoms with Crippen LogP contribution >= 0.6 is 0 Å². The molecule has 7 rings (SSSR count). The van der Waals surface area contributed by atoms with Crippen LogP contribution in [0.2, 0.25) is 0 Å². The van der Waals surface area contributed by atoms with Gasteiger partial charge in [0.2, 0.25) is 0 Å². The summed E-state index contributed by atoms with van der Waals surface area (Å²) < 4.78 is 4.54. The van der Waals surface area contributed by atoms with E-state index in [0.717, 1.165) is 22.4 Å². The SMILES string of the molecule is c1ccc(-c2cccc(-n3c4ccccc4c4cc5nc6ccccn6c5cc43)c2)cc1. The molecule has 0 radical (unpaired) electrons. The number of aromatic nitrogens is 3. The molecule has 0 atom stereocenters. The highest BCUT2D eigenvalue weighted by Crippen LogP contribution is 2.35. The van der Waals surface area contributed by atoms with Gasteiger partial charge >= 0.3 is 0 Å². The standard InChI is InChI=1S/C29H19N3/c1-2-9-20(10-3-1)21-11-8-12-22(17-21)32-26-14-5-4-13-23(26)24-18-25-28(19-27(24)32)31-16-7-6-15-29(31)30-25/h1-19H. The molecule has 7 aromatic rings. The summed E-state index contributed by atoms with van der Waals surface area (Å²) in [6, 6.07) is 38.6. The first-order valence-corrected chi connectivity index (χ1v) is 10.8. The van der Waals surface area contributed by atoms with Crippen molar-refractivity contribution in [2.24, 2.45) is 0 Å². The smallest absolute Gasteiger partial charge is 0.137 e. The van der Waals surface area contributed by atoms with E-state index in [1.165, 1.54) is 32.9 Å². The zero-order valence-electron chi connectivity index (χ0n) is 17.3. The summed E-state index contributed by atoms with van der Waals surface area (Å²) in [5.41, 5.74) is 9.09. The normalized spacial score (nSPS) is 11.8. The molecule has 0 aliphatic rings. The molecule has 0 aliphatic heterocycles. The van der Waals surface area contributed by atoms with Gasteiger partial charge in [0.15, 0.2) is 0 Å². The fraction of sp³-hybridized carbons (Fsp3) is 0. The van der Waals surface area contributed by atoms with Crippen LogP contribution < -0.4 is 0 Å². The lowest BCUT2D eigenvalue weighted by molar-refractivity contribution is 1.18. The Kier molecular flexibility index (Phi) is 3.55. The Hall–Kier alpha value is -4.37. The van der Waals surface area contributed by atoms with E-state index in [-0.39, 0.29) is 0 Å². The highest BCUT2D eigenvalue weighted by molar-refractivity contribution is 6.13. The largest absolute Gasteiger partial charge is 0.309 e. The first-order valence-electron chi connectivity index (χ1n) is 10.8. The predicted octanol–water partition coefficient (Wildman–Crippen LogP) is 7.25. The van der Waals surface area contributed by atoms with Gasteiger partial charge in [-0.25, -0.2) is 4.98 Å². The number of para-hydroxylation sites is 1. The van der Waals surface area contributed by atoms with E-state index in [4.69, 9.17) is 4.98 Å². The molecule has 3 aromatic heterocycles. The Morgan fingerprint density at radius 1 is 0.531 bits per heavy atom. The van der Waals surface area contributed by atoms with Crippen molar-refractivity contribution in [3.05, 3.63) is 115 Å². The predicted molar refractivity (Wildman–Crippen MR) is 132 cm³/mol. The van der Waals surface area contributed by atoms with E-state index in [9.17, 15) is 0 Å². The molecule has 0 unspecified atom stereocenters. The summed E-state index contributed by atoms with van der Waals surface area (Å²) >= 11 is 0. The van der Waals surface area contributed by atoms with Crippen LogP contribution in [0.1, 0.15) is 0 Å². The fourth-order valence-corrected chi connectivity index (χ4v) is 4.86. The van der Waals surface area contributed by atoms with Crippen molar-refractivity contribution in [2.75, 3.05) is 0 Å². The van der Waals surface area contributed by atoms with Crippen LogP contribution in [0, 0.1) is 0 Å². The number of rotatable bonds is 2. The topological polar surface area (TPSA) is 22.2 Å². The van der Waals surface area contributed by atoms with Crippen molar-refractivity contribution in [3.63, 3.8) is 0 Å². The molecule has 0 aliphatic carbocycles. The Balaban J connectivity index is 1.58. The van der Waals surface area contributed by atoms with Crippen molar-refractivity contribution < 1.29 is 0 Å². The average molecular weight is 409 g/mol. The number of fused-ring (bicyclic) bond motifs is 6. The maximum atomic E-state index is 4.86. The van der Waals surface area contributed by atoms with E-state index >= 15 is 0 Å². The van der Waals surface area contributed by atoms with Gasteiger partial charge in [-0.1, -0.05) is 66.7 Å². The molecule has 0 bridgehead atoms. The average Bonchev–Trinajstić information content (AvgIpc) is 3.38. The summed E-state index contributed by atoms with van der Waals surface area (Å²) in [5.74, 6) is 0. The van der Waals surface area contributed by atoms with Crippen molar-refractivity contribution in [3.8, 4) is 16.8 Å². The molecular formula is C29H19N3. The monoisotopic (exact) mass is 409 g/mol. The Morgan fingerprint density at radius 3 is 2.28 bits per heavy atom. The minimum atomic E-state index is 0.970. The van der Waals surface area contributed by atoms with Crippen LogP contribution in [-0.4, -0.2) is 14.0 Å². The van der Waals surface area contributed by atoms with E-state index < -0.39 is 0 Å². The molecule has 32 heavy (non-hydrogen) atoms. The van der Waals surface area contributed by atoms with Gasteiger partial charge in [-0.15, -0.1) is 0 Å². The Bertz CT molecular complexity index is 1770. The molecule has 0 saturated heterocycles. The van der Waals surface area contributed by atoms with Gasteiger partial charge in [-0.3, -0.25) is 4.40 Å². The number of hydrogen-bond donors (Lipinski definition) is 0. The van der Waals surface area contributed by atoms with Crippen molar-refractivity contribution in [2.45, 2.75) is 0 Å². The zero-order valence-corrected chi connectivity index (χ0v) is 17.3. The van der Waals surface area contributed by atoms with E-state index in [1.807, 2.05) is 6.07 Å². The van der Waals surface area contributed by atoms with Crippen LogP contribution in [0.3, 0.4) is 0 Å². The Labute approximate surface area is 184 Å². The molecule has 0 N–H and O–H groups in total. The molecular weight excluding hydrogens is 390 g/mol. The number of benzene rings is 4. The van der Waals surface area contributed by atoms with Crippen LogP contribution in [-0.2, 0) is 0 Å². The summed E-state index contributed by atoms with van der Waals surface area (Å²) in [6.45, 7) is 0. The van der Waals surface area contributed by atoms with E-state index in [0.29, 0.717) is 0 Å². The molecule has 3 heterocycles. The zero-order chi connectivity index (χ0) is 21.1. The van der Waals surface area contributed by atoms with Gasteiger partial charge < -0.3 is 4.57 Å². The van der Waals surface area contributed by atoms with Crippen molar-refractivity contribution in [1.29, 1.82) is 0 Å². The lowest BCUT2D eigenvalue weighted by Gasteiger charge is -2.10. The minimum absolute atomic E-state index is 0.970. The summed E-state index contributed by atoms with van der Waals surface area (Å²) in [4.78, 5) is 4.86. The molecule has 0 fully saturated rings. The quantitative estimate of drug-likeness (QED) is 0.295. The summed E-state index contributed by atoms with van der Waals surface area (Å²) in [7, 11) is 0. The molecule has 3 heteroatoms. The second-order valence-electron chi connectivity index (χ2n) is 8.17. The lowest BCUT2D eigenvalue weighted by Crippen LogP contribution is -1.94. The van der Waals surface area contributed by atoms with Gasteiger partial charge in [0.05, 0.1) is 22.1 Å². The van der Waals surface area contributed by atoms with Crippen molar-refractivity contribution >= 4 is 38.5 Å². The molecule has 0 spiro atoms. The van der Waals surface area contributed by atoms with E-state index in [2.05, 4.69) is 118 Å². The number of nitrogens with zero attached hydrogens (tertiary/aromatic N) is 3. The van der Waals surface area contributed by atoms with E-state index in [1.54, 1.807) is 0 Å². The van der Waals surface area contributed by atoms with Crippen LogP contribution in [0.4, 0.5) is 0 Å². The highest BCUT2D eigenvalue weighted by atomic mass is 15.0. The van der Waals surface area contributed by atoms with Gasteiger partial charge in [-0.2, -0.15) is 0 Å². The first-order chi connectivity index (χ1) is 15.9. The molecule has 3 nitrogen and oxygen atoms in total. The first kappa shape index (κ1) is 17.3. The molecule has 4 aromatic carbocycles. The maximum absolute atomic E-state index is 4.86. The molecule has 150 valence electrons. The minimum Gasteiger partial charge on any atom is -0.309 e. The van der Waals surface area contributed by atoms with Gasteiger partial charge in [0.1, 0.15) is 5.65 Å². The lowest BCUT2D eigenvalue weighted by atomic mass is 10.1. The van der Waals surface area contributed by atoms with Crippen LogP contribution in [0.5, 0.6) is 0 Å². The molecule has 0 amide bonds. The van der Waals surface area contributed by atoms with Crippen molar-refractivity contribution in [1.82, 2.24) is 14.0 Å². The molecule has 0 saturated carbocycles. The number of hydrogen-bond acceptors (Lipinski definition) is 1. The highest BCUT2D eigenvalue weighted by Gasteiger charge is 2.15. The second-order valence-corrected chi connectivity index (χ2v) is 8.17. The van der Waals surface area contributed by atoms with Gasteiger partial charge in [0, 0.05) is 22.7 Å². The summed E-state index contributed by atoms with van der Waals surface area (Å²) in [6.07, 6.45) is 2.08. The van der Waals surface area contributed by atoms with Gasteiger partial charge in [-0.05, 0) is 53.6 Å². The van der Waals surface area contributed by atoms with Gasteiger partial charge in [0.25, 0.3) is 0 Å². The third-order valence-corrected chi connectivity index (χ3v) is 6.31. The van der Waals surface area contributed by atoms with Crippen LogP contribution in [0.15, 0.2) is 115 Å². The number of imidazole rings is 1. The number of pyridine rings is 1. The second kappa shape index (κ2) is 6.56. The third-order valence-electron chi connectivity index (χ3n) is 6.31. The fourth-order valence-electron chi connectivity index (χ4n) is 4.86. The summed E-state index contributed by atoms with van der Waals surface area (Å²) in [5, 5.41) is 2.47. The Morgan fingerprint density at radius 2 is 1.34 bits per heavy atom. The maximum Gasteiger partial charge on any atom is 0.137 e. The van der Waals surface area contributed by atoms with Crippen LogP contribution in [0.25, 0.3) is 55.3 Å².